The summed E-state index contributed by atoms with van der Waals surface area (Å²) in [5.41, 5.74) is 2.05. The summed E-state index contributed by atoms with van der Waals surface area (Å²) in [4.78, 5) is 0. The minimum Gasteiger partial charge on any atom is -0.496 e. The van der Waals surface area contributed by atoms with Crippen molar-refractivity contribution in [2.45, 2.75) is 20.7 Å². The lowest BCUT2D eigenvalue weighted by molar-refractivity contribution is 0.411. The van der Waals surface area contributed by atoms with Crippen molar-refractivity contribution in [1.29, 1.82) is 0 Å². The average molecular weight is 153 g/mol. The minimum absolute atomic E-state index is 0.0465. The first-order valence-corrected chi connectivity index (χ1v) is 3.47. The Kier molecular flexibility index (Phi) is 1.29. The maximum Gasteiger partial charge on any atom is 0.122 e. The zero-order chi connectivity index (χ0) is 10.9. The minimum atomic E-state index is -0.0465. The van der Waals surface area contributed by atoms with Gasteiger partial charge in [-0.3, -0.25) is 0 Å². The Balaban J connectivity index is 3.56. The molecule has 0 saturated carbocycles. The summed E-state index contributed by atoms with van der Waals surface area (Å²) in [5, 5.41) is 0. The number of methoxy groups -OCH3 is 1. The fourth-order valence-corrected chi connectivity index (χ4v) is 0.957. The molecule has 0 heterocycles. The SMILES string of the molecule is [2H]Cc1c([2H])c(C)c(C)c(OC)c1[2H]. The third-order valence-corrected chi connectivity index (χ3v) is 1.71. The van der Waals surface area contributed by atoms with Gasteiger partial charge in [-0.1, -0.05) is 6.04 Å². The first-order chi connectivity index (χ1) is 6.54. The number of hydrogen-bond donors (Lipinski definition) is 0. The van der Waals surface area contributed by atoms with E-state index in [-0.39, 0.29) is 12.9 Å². The molecule has 0 fully saturated rings. The molecule has 60 valence electrons. The summed E-state index contributed by atoms with van der Waals surface area (Å²) >= 11 is 0. The van der Waals surface area contributed by atoms with Gasteiger partial charge in [-0.2, -0.15) is 0 Å². The molecule has 0 N–H and O–H groups in total. The van der Waals surface area contributed by atoms with Crippen molar-refractivity contribution < 1.29 is 8.85 Å². The van der Waals surface area contributed by atoms with Crippen LogP contribution in [0.2, 0.25) is 0 Å². The smallest absolute Gasteiger partial charge is 0.122 e. The van der Waals surface area contributed by atoms with E-state index in [0.29, 0.717) is 17.4 Å². The van der Waals surface area contributed by atoms with Crippen molar-refractivity contribution in [2.75, 3.05) is 7.11 Å². The van der Waals surface area contributed by atoms with E-state index in [0.717, 1.165) is 11.1 Å². The summed E-state index contributed by atoms with van der Waals surface area (Å²) in [7, 11) is 1.51. The summed E-state index contributed by atoms with van der Waals surface area (Å²) in [6.45, 7) is 3.60. The van der Waals surface area contributed by atoms with Gasteiger partial charge in [0.05, 0.1) is 9.85 Å². The third kappa shape index (κ3) is 1.53. The molecule has 1 aromatic rings. The molecule has 0 aliphatic carbocycles. The van der Waals surface area contributed by atoms with Crippen molar-refractivity contribution in [1.82, 2.24) is 0 Å². The summed E-state index contributed by atoms with van der Waals surface area (Å²) < 4.78 is 27.9. The Hall–Kier alpha value is -0.980. The zero-order valence-electron chi connectivity index (χ0n) is 10.1. The predicted octanol–water partition coefficient (Wildman–Crippen LogP) is 2.62. The second-order valence-corrected chi connectivity index (χ2v) is 2.51. The molecule has 0 unspecified atom stereocenters. The van der Waals surface area contributed by atoms with E-state index in [9.17, 15) is 0 Å². The van der Waals surface area contributed by atoms with Gasteiger partial charge >= 0.3 is 0 Å². The summed E-state index contributed by atoms with van der Waals surface area (Å²) in [5.74, 6) is 0.487. The molecule has 0 aliphatic rings. The maximum absolute atomic E-state index is 7.76. The highest BCUT2D eigenvalue weighted by Gasteiger charge is 2.00. The molecule has 0 amide bonds. The second-order valence-electron chi connectivity index (χ2n) is 2.51. The molecule has 0 bridgehead atoms. The zero-order valence-corrected chi connectivity index (χ0v) is 7.12. The fourth-order valence-electron chi connectivity index (χ4n) is 0.957. The van der Waals surface area contributed by atoms with Crippen LogP contribution in [0.5, 0.6) is 5.75 Å². The van der Waals surface area contributed by atoms with E-state index in [2.05, 4.69) is 0 Å². The number of hydrogen-bond acceptors (Lipinski definition) is 1. The number of benzene rings is 1. The quantitative estimate of drug-likeness (QED) is 0.602. The van der Waals surface area contributed by atoms with Crippen LogP contribution in [0.3, 0.4) is 0 Å². The summed E-state index contributed by atoms with van der Waals surface area (Å²) in [6, 6.07) is 0.471. The van der Waals surface area contributed by atoms with Gasteiger partial charge in [-0.05, 0) is 43.5 Å². The van der Waals surface area contributed by atoms with Crippen LogP contribution in [0.1, 0.15) is 20.8 Å². The third-order valence-electron chi connectivity index (χ3n) is 1.71. The Morgan fingerprint density at radius 1 is 1.45 bits per heavy atom. The van der Waals surface area contributed by atoms with E-state index < -0.39 is 0 Å². The van der Waals surface area contributed by atoms with Crippen LogP contribution in [0.4, 0.5) is 0 Å². The molecule has 1 nitrogen and oxygen atoms in total. The fraction of sp³-hybridized carbons (Fsp3) is 0.400. The number of rotatable bonds is 1. The Morgan fingerprint density at radius 3 is 2.73 bits per heavy atom. The van der Waals surface area contributed by atoms with Gasteiger partial charge in [0.1, 0.15) is 5.75 Å². The Labute approximate surface area is 72.2 Å². The van der Waals surface area contributed by atoms with Crippen molar-refractivity contribution in [3.63, 3.8) is 0 Å². The normalized spacial score (nSPS) is 13.5. The van der Waals surface area contributed by atoms with E-state index in [1.54, 1.807) is 0 Å². The lowest BCUT2D eigenvalue weighted by Gasteiger charge is -2.08. The van der Waals surface area contributed by atoms with Crippen molar-refractivity contribution >= 4 is 0 Å². The molecular weight excluding hydrogens is 136 g/mol. The van der Waals surface area contributed by atoms with E-state index >= 15 is 0 Å². The molecule has 0 saturated heterocycles. The largest absolute Gasteiger partial charge is 0.496 e. The molecule has 1 aromatic carbocycles. The molecule has 0 spiro atoms. The first kappa shape index (κ1) is 4.81. The van der Waals surface area contributed by atoms with Gasteiger partial charge in [0.25, 0.3) is 0 Å². The predicted molar refractivity (Wildman–Crippen MR) is 47.2 cm³/mol. The van der Waals surface area contributed by atoms with Gasteiger partial charge in [0.2, 0.25) is 0 Å². The van der Waals surface area contributed by atoms with E-state index in [1.807, 2.05) is 13.8 Å². The van der Waals surface area contributed by atoms with Crippen LogP contribution < -0.4 is 4.74 Å². The average Bonchev–Trinajstić information content (AvgIpc) is 2.16. The molecule has 1 heteroatoms. The highest BCUT2D eigenvalue weighted by molar-refractivity contribution is 5.41. The van der Waals surface area contributed by atoms with Crippen molar-refractivity contribution in [2.24, 2.45) is 0 Å². The molecule has 0 atom stereocenters. The molecule has 0 aliphatic heterocycles. The van der Waals surface area contributed by atoms with E-state index in [4.69, 9.17) is 8.85 Å². The van der Waals surface area contributed by atoms with Crippen LogP contribution >= 0.6 is 0 Å². The van der Waals surface area contributed by atoms with Crippen LogP contribution in [-0.4, -0.2) is 7.11 Å². The van der Waals surface area contributed by atoms with Gasteiger partial charge in [-0.25, -0.2) is 0 Å². The molecule has 11 heavy (non-hydrogen) atoms. The van der Waals surface area contributed by atoms with Crippen LogP contribution in [0.25, 0.3) is 0 Å². The van der Waals surface area contributed by atoms with E-state index in [1.165, 1.54) is 7.11 Å². The van der Waals surface area contributed by atoms with Gasteiger partial charge < -0.3 is 4.74 Å². The highest BCUT2D eigenvalue weighted by Crippen LogP contribution is 2.22. The van der Waals surface area contributed by atoms with Crippen LogP contribution in [0, 0.1) is 20.7 Å². The van der Waals surface area contributed by atoms with Crippen LogP contribution in [-0.2, 0) is 0 Å². The molecule has 1 rings (SSSR count). The van der Waals surface area contributed by atoms with Gasteiger partial charge in [0, 0.05) is 1.37 Å². The van der Waals surface area contributed by atoms with Crippen molar-refractivity contribution in [3.05, 3.63) is 28.8 Å². The summed E-state index contributed by atoms with van der Waals surface area (Å²) in [6.07, 6.45) is 0. The molecule has 0 aromatic heterocycles. The lowest BCUT2D eigenvalue weighted by Crippen LogP contribution is -1.90. The lowest BCUT2D eigenvalue weighted by atomic mass is 10.1. The highest BCUT2D eigenvalue weighted by atomic mass is 16.5. The van der Waals surface area contributed by atoms with Gasteiger partial charge in [-0.15, -0.1) is 0 Å². The monoisotopic (exact) mass is 153 g/mol. The first-order valence-electron chi connectivity index (χ1n) is 5.17. The van der Waals surface area contributed by atoms with Crippen molar-refractivity contribution in [3.8, 4) is 5.75 Å². The second kappa shape index (κ2) is 2.95. The Bertz CT molecular complexity index is 330. The van der Waals surface area contributed by atoms with Gasteiger partial charge in [0.15, 0.2) is 0 Å². The Morgan fingerprint density at radius 2 is 2.18 bits per heavy atom. The standard InChI is InChI=1S/C10H14O/c1-7-5-8(2)9(3)10(6-7)11-4/h5-6H,1-4H3/i1D,5D,6D. The number of ether oxygens (including phenoxy) is 1. The molecule has 0 radical (unpaired) electrons. The maximum atomic E-state index is 7.76. The van der Waals surface area contributed by atoms with Crippen LogP contribution in [0.15, 0.2) is 12.1 Å². The molecular formula is C10H14O. The topological polar surface area (TPSA) is 9.23 Å².